The van der Waals surface area contributed by atoms with E-state index in [4.69, 9.17) is 23.7 Å². The van der Waals surface area contributed by atoms with Crippen LogP contribution in [0.3, 0.4) is 0 Å². The molecule has 0 aromatic heterocycles. The average molecular weight is 472 g/mol. The van der Waals surface area contributed by atoms with Gasteiger partial charge in [-0.2, -0.15) is 0 Å². The Morgan fingerprint density at radius 3 is 2.41 bits per heavy atom. The number of carbonyl (C=O) groups is 2. The summed E-state index contributed by atoms with van der Waals surface area (Å²) in [5, 5.41) is 12.3. The van der Waals surface area contributed by atoms with Gasteiger partial charge in [0.25, 0.3) is 0 Å². The van der Waals surface area contributed by atoms with E-state index in [0.29, 0.717) is 0 Å². The number of carbonyl (C=O) groups excluding carboxylic acids is 1. The number of hydrogen-bond donors (Lipinski definition) is 2. The van der Waals surface area contributed by atoms with Crippen LogP contribution in [-0.4, -0.2) is 60.3 Å². The Balaban J connectivity index is 1.59. The van der Waals surface area contributed by atoms with E-state index in [1.54, 1.807) is 0 Å². The predicted molar refractivity (Wildman–Crippen MR) is 119 cm³/mol. The highest BCUT2D eigenvalue weighted by Gasteiger charge is 2.52. The lowest BCUT2D eigenvalue weighted by molar-refractivity contribution is -0.351. The minimum atomic E-state index is -1.14. The number of benzene rings is 2. The van der Waals surface area contributed by atoms with Crippen molar-refractivity contribution in [2.45, 2.75) is 63.5 Å². The van der Waals surface area contributed by atoms with E-state index in [-0.39, 0.29) is 19.1 Å². The Hall–Kier alpha value is -2.82. The van der Waals surface area contributed by atoms with Gasteiger partial charge in [0.15, 0.2) is 18.7 Å². The predicted octanol–water partition coefficient (Wildman–Crippen LogP) is 2.41. The molecule has 0 radical (unpaired) electrons. The van der Waals surface area contributed by atoms with Gasteiger partial charge in [0, 0.05) is 12.5 Å². The second-order valence-electron chi connectivity index (χ2n) is 8.32. The molecule has 2 aromatic rings. The van der Waals surface area contributed by atoms with Crippen molar-refractivity contribution in [3.63, 3.8) is 0 Å². The summed E-state index contributed by atoms with van der Waals surface area (Å²) in [5.41, 5.74) is 1.73. The van der Waals surface area contributed by atoms with E-state index in [1.165, 1.54) is 13.8 Å². The Kier molecular flexibility index (Phi) is 7.91. The number of carboxylic acids is 1. The van der Waals surface area contributed by atoms with Crippen molar-refractivity contribution < 1.29 is 38.4 Å². The molecular formula is C25H29NO8. The Labute approximate surface area is 197 Å². The Morgan fingerprint density at radius 2 is 1.76 bits per heavy atom. The van der Waals surface area contributed by atoms with Gasteiger partial charge in [-0.25, -0.2) is 4.79 Å². The van der Waals surface area contributed by atoms with Crippen LogP contribution >= 0.6 is 0 Å². The van der Waals surface area contributed by atoms with Crippen molar-refractivity contribution in [3.8, 4) is 0 Å². The molecule has 1 unspecified atom stereocenters. The fraction of sp³-hybridized carbons (Fsp3) is 0.440. The summed E-state index contributed by atoms with van der Waals surface area (Å²) in [4.78, 5) is 23.7. The van der Waals surface area contributed by atoms with Crippen molar-refractivity contribution in [2.24, 2.45) is 0 Å². The highest BCUT2D eigenvalue weighted by molar-refractivity contribution is 5.73. The number of ether oxygens (including phenoxy) is 5. The molecule has 34 heavy (non-hydrogen) atoms. The maximum Gasteiger partial charge on any atom is 0.332 e. The lowest BCUT2D eigenvalue weighted by Gasteiger charge is -2.49. The van der Waals surface area contributed by atoms with Gasteiger partial charge in [0.2, 0.25) is 5.91 Å². The molecule has 1 amide bonds. The van der Waals surface area contributed by atoms with E-state index >= 15 is 0 Å². The van der Waals surface area contributed by atoms with Crippen molar-refractivity contribution in [1.82, 2.24) is 5.32 Å². The van der Waals surface area contributed by atoms with Crippen LogP contribution in [0.4, 0.5) is 0 Å². The molecule has 182 valence electrons. The number of fused-ring (bicyclic) bond motifs is 1. The average Bonchev–Trinajstić information content (AvgIpc) is 2.84. The first-order valence-corrected chi connectivity index (χ1v) is 11.2. The van der Waals surface area contributed by atoms with E-state index in [2.05, 4.69) is 5.32 Å². The Bertz CT molecular complexity index is 956. The third kappa shape index (κ3) is 5.81. The first-order valence-electron chi connectivity index (χ1n) is 11.2. The standard InChI is InChI=1S/C25H29NO8/c1-15(23(28)29)32-22-20(26-16(2)27)25(30-13-17-9-5-3-6-10-17)33-19-14-31-24(34-21(19)22)18-11-7-4-8-12-18/h3-12,15,19-22,24-25H,13-14H2,1-2H3,(H,26,27)(H,28,29)/t15-,19-,20-,21-,22-,24?,25+/m0/s1. The van der Waals surface area contributed by atoms with Gasteiger partial charge in [0.1, 0.15) is 24.4 Å². The van der Waals surface area contributed by atoms with Crippen LogP contribution in [0.2, 0.25) is 0 Å². The van der Waals surface area contributed by atoms with Gasteiger partial charge < -0.3 is 34.1 Å². The van der Waals surface area contributed by atoms with Crippen LogP contribution in [-0.2, 0) is 39.9 Å². The topological polar surface area (TPSA) is 113 Å². The van der Waals surface area contributed by atoms with Gasteiger partial charge in [-0.1, -0.05) is 60.7 Å². The number of aliphatic carboxylic acids is 1. The molecule has 2 aliphatic rings. The van der Waals surface area contributed by atoms with Gasteiger partial charge in [-0.15, -0.1) is 0 Å². The SMILES string of the molecule is CC(=O)N[C@@H]1[C@H](OCc2ccccc2)O[C@H]2COC(c3ccccc3)O[C@@H]2[C@H]1O[C@@H](C)C(=O)O. The largest absolute Gasteiger partial charge is 0.479 e. The van der Waals surface area contributed by atoms with E-state index in [9.17, 15) is 14.7 Å². The third-order valence-electron chi connectivity index (χ3n) is 5.75. The van der Waals surface area contributed by atoms with E-state index in [1.807, 2.05) is 60.7 Å². The van der Waals surface area contributed by atoms with Crippen LogP contribution in [0.15, 0.2) is 60.7 Å². The van der Waals surface area contributed by atoms with Gasteiger partial charge >= 0.3 is 5.97 Å². The molecule has 2 fully saturated rings. The first-order chi connectivity index (χ1) is 16.4. The summed E-state index contributed by atoms with van der Waals surface area (Å²) >= 11 is 0. The van der Waals surface area contributed by atoms with Gasteiger partial charge in [-0.05, 0) is 12.5 Å². The summed E-state index contributed by atoms with van der Waals surface area (Å²) in [6, 6.07) is 18.1. The minimum Gasteiger partial charge on any atom is -0.479 e. The molecule has 2 aromatic carbocycles. The number of amides is 1. The van der Waals surface area contributed by atoms with Crippen LogP contribution in [0.5, 0.6) is 0 Å². The molecule has 7 atom stereocenters. The zero-order chi connectivity index (χ0) is 24.1. The molecule has 2 saturated heterocycles. The van der Waals surface area contributed by atoms with Crippen molar-refractivity contribution in [2.75, 3.05) is 6.61 Å². The quantitative estimate of drug-likeness (QED) is 0.604. The minimum absolute atomic E-state index is 0.184. The van der Waals surface area contributed by atoms with Crippen LogP contribution in [0, 0.1) is 0 Å². The molecule has 2 aliphatic heterocycles. The number of rotatable bonds is 8. The zero-order valence-electron chi connectivity index (χ0n) is 19.0. The van der Waals surface area contributed by atoms with Crippen LogP contribution in [0.1, 0.15) is 31.3 Å². The molecule has 9 heteroatoms. The summed E-state index contributed by atoms with van der Waals surface area (Å²) in [5.74, 6) is -1.46. The summed E-state index contributed by atoms with van der Waals surface area (Å²) in [6.45, 7) is 3.22. The highest BCUT2D eigenvalue weighted by atomic mass is 16.8. The maximum absolute atomic E-state index is 12.1. The van der Waals surface area contributed by atoms with Crippen LogP contribution < -0.4 is 5.32 Å². The summed E-state index contributed by atoms with van der Waals surface area (Å²) in [7, 11) is 0. The molecule has 2 heterocycles. The lowest BCUT2D eigenvalue weighted by atomic mass is 9.95. The van der Waals surface area contributed by atoms with E-state index in [0.717, 1.165) is 11.1 Å². The lowest BCUT2D eigenvalue weighted by Crippen LogP contribution is -2.67. The fourth-order valence-corrected chi connectivity index (χ4v) is 4.09. The van der Waals surface area contributed by atoms with Crippen molar-refractivity contribution in [3.05, 3.63) is 71.8 Å². The smallest absolute Gasteiger partial charge is 0.332 e. The molecule has 0 bridgehead atoms. The van der Waals surface area contributed by atoms with Crippen LogP contribution in [0.25, 0.3) is 0 Å². The van der Waals surface area contributed by atoms with E-state index < -0.39 is 49.0 Å². The third-order valence-corrected chi connectivity index (χ3v) is 5.75. The summed E-state index contributed by atoms with van der Waals surface area (Å²) in [6.07, 6.45) is -4.87. The molecule has 2 N–H and O–H groups in total. The molecule has 0 aliphatic carbocycles. The zero-order valence-corrected chi connectivity index (χ0v) is 19.0. The van der Waals surface area contributed by atoms with Crippen molar-refractivity contribution in [1.29, 1.82) is 0 Å². The van der Waals surface area contributed by atoms with Gasteiger partial charge in [0.05, 0.1) is 13.2 Å². The van der Waals surface area contributed by atoms with Crippen molar-refractivity contribution >= 4 is 11.9 Å². The van der Waals surface area contributed by atoms with Gasteiger partial charge in [-0.3, -0.25) is 4.79 Å². The fourth-order valence-electron chi connectivity index (χ4n) is 4.09. The highest BCUT2D eigenvalue weighted by Crippen LogP contribution is 2.36. The molecular weight excluding hydrogens is 442 g/mol. The second-order valence-corrected chi connectivity index (χ2v) is 8.32. The normalized spacial score (nSPS) is 29.6. The second kappa shape index (κ2) is 11.1. The summed E-state index contributed by atoms with van der Waals surface area (Å²) < 4.78 is 30.3. The molecule has 4 rings (SSSR count). The maximum atomic E-state index is 12.1. The first kappa shape index (κ1) is 24.3. The number of carboxylic acid groups (broad SMARTS) is 1. The monoisotopic (exact) mass is 471 g/mol. The molecule has 0 saturated carbocycles. The number of nitrogens with one attached hydrogen (secondary N) is 1. The number of hydrogen-bond acceptors (Lipinski definition) is 7. The molecule has 0 spiro atoms. The Morgan fingerprint density at radius 1 is 1.09 bits per heavy atom. The molecule has 9 nitrogen and oxygen atoms in total.